The molecular weight excluding hydrogens is 356 g/mol. The number of esters is 1. The third-order valence-corrected chi connectivity index (χ3v) is 8.99. The Balaban J connectivity index is 1.70. The Morgan fingerprint density at radius 1 is 1.11 bits per heavy atom. The molecule has 3 fully saturated rings. The molecule has 5 heteroatoms. The first kappa shape index (κ1) is 19.8. The summed E-state index contributed by atoms with van der Waals surface area (Å²) < 4.78 is 5.75. The number of hydrogen-bond acceptors (Lipinski definition) is 5. The minimum absolute atomic E-state index is 0.0752. The highest BCUT2D eigenvalue weighted by molar-refractivity contribution is 5.92. The van der Waals surface area contributed by atoms with Crippen LogP contribution in [0.15, 0.2) is 11.6 Å². The first-order valence-corrected chi connectivity index (χ1v) is 10.8. The van der Waals surface area contributed by atoms with Crippen LogP contribution in [0.1, 0.15) is 72.1 Å². The Hall–Kier alpha value is -1.49. The lowest BCUT2D eigenvalue weighted by molar-refractivity contribution is -0.189. The van der Waals surface area contributed by atoms with Crippen molar-refractivity contribution in [2.24, 2.45) is 28.6 Å². The van der Waals surface area contributed by atoms with Crippen LogP contribution in [-0.2, 0) is 19.1 Å². The lowest BCUT2D eigenvalue weighted by Gasteiger charge is -2.59. The molecule has 0 spiro atoms. The van der Waals surface area contributed by atoms with Gasteiger partial charge in [0.1, 0.15) is 6.61 Å². The molecule has 0 aromatic heterocycles. The van der Waals surface area contributed by atoms with Gasteiger partial charge in [0.2, 0.25) is 5.78 Å². The summed E-state index contributed by atoms with van der Waals surface area (Å²) in [5, 5.41) is 9.65. The molecule has 0 aromatic carbocycles. The Morgan fingerprint density at radius 2 is 1.82 bits per heavy atom. The Morgan fingerprint density at radius 3 is 2.50 bits per heavy atom. The van der Waals surface area contributed by atoms with Crippen molar-refractivity contribution in [3.8, 4) is 0 Å². The molecule has 0 bridgehead atoms. The molecule has 4 aliphatic rings. The van der Waals surface area contributed by atoms with Crippen molar-refractivity contribution in [2.45, 2.75) is 77.7 Å². The number of fused-ring (bicyclic) bond motifs is 5. The number of allylic oxidation sites excluding steroid dienone is 1. The third-order valence-electron chi connectivity index (χ3n) is 8.99. The summed E-state index contributed by atoms with van der Waals surface area (Å²) in [6, 6.07) is 0. The summed E-state index contributed by atoms with van der Waals surface area (Å²) in [7, 11) is 0. The van der Waals surface area contributed by atoms with E-state index in [1.807, 2.05) is 6.08 Å². The lowest BCUT2D eigenvalue weighted by Crippen LogP contribution is -2.59. The van der Waals surface area contributed by atoms with Gasteiger partial charge in [0, 0.05) is 18.8 Å². The predicted octanol–water partition coefficient (Wildman–Crippen LogP) is 3.38. The summed E-state index contributed by atoms with van der Waals surface area (Å²) in [6.07, 6.45) is 8.59. The fourth-order valence-electron chi connectivity index (χ4n) is 7.61. The molecule has 28 heavy (non-hydrogen) atoms. The van der Waals surface area contributed by atoms with Gasteiger partial charge in [-0.2, -0.15) is 0 Å². The molecule has 6 atom stereocenters. The number of Topliss-reactive ketones (excluding diaryl/α,β-unsaturated/α-hetero) is 1. The zero-order valence-electron chi connectivity index (χ0n) is 17.3. The second kappa shape index (κ2) is 6.51. The van der Waals surface area contributed by atoms with Gasteiger partial charge in [0.25, 0.3) is 0 Å². The number of aliphatic hydroxyl groups excluding tert-OH is 1. The monoisotopic (exact) mass is 388 g/mol. The Kier molecular flexibility index (Phi) is 4.61. The number of ketones is 2. The van der Waals surface area contributed by atoms with E-state index >= 15 is 0 Å². The predicted molar refractivity (Wildman–Crippen MR) is 103 cm³/mol. The molecule has 4 aliphatic carbocycles. The SMILES string of the molecule is CC(=O)O[C@]1(C(=O)CO)CC[C@@H]2[C@@H]3CCC4=CC(=O)CC[C@]4(C)[C@@H]3CC[C@]21C. The minimum atomic E-state index is -1.19. The van der Waals surface area contributed by atoms with E-state index in [9.17, 15) is 19.5 Å². The third kappa shape index (κ3) is 2.51. The molecule has 1 N–H and O–H groups in total. The maximum Gasteiger partial charge on any atom is 0.303 e. The number of hydrogen-bond donors (Lipinski definition) is 1. The number of aliphatic hydroxyl groups is 1. The van der Waals surface area contributed by atoms with Crippen LogP contribution in [0.25, 0.3) is 0 Å². The lowest BCUT2D eigenvalue weighted by atomic mass is 9.46. The van der Waals surface area contributed by atoms with Gasteiger partial charge in [-0.15, -0.1) is 0 Å². The maximum absolute atomic E-state index is 12.8. The molecule has 4 rings (SSSR count). The van der Waals surface area contributed by atoms with Crippen LogP contribution in [0.2, 0.25) is 0 Å². The van der Waals surface area contributed by atoms with Gasteiger partial charge < -0.3 is 9.84 Å². The van der Waals surface area contributed by atoms with Crippen LogP contribution in [0, 0.1) is 28.6 Å². The summed E-state index contributed by atoms with van der Waals surface area (Å²) in [4.78, 5) is 36.7. The maximum atomic E-state index is 12.8. The van der Waals surface area contributed by atoms with Gasteiger partial charge in [-0.3, -0.25) is 14.4 Å². The molecule has 154 valence electrons. The van der Waals surface area contributed by atoms with Gasteiger partial charge in [0.15, 0.2) is 11.4 Å². The van der Waals surface area contributed by atoms with E-state index in [-0.39, 0.29) is 17.0 Å². The normalized spacial score (nSPS) is 44.8. The summed E-state index contributed by atoms with van der Waals surface area (Å²) >= 11 is 0. The minimum Gasteiger partial charge on any atom is -0.451 e. The molecule has 0 radical (unpaired) electrons. The smallest absolute Gasteiger partial charge is 0.303 e. The molecule has 0 aliphatic heterocycles. The number of ether oxygens (including phenoxy) is 1. The fraction of sp³-hybridized carbons (Fsp3) is 0.783. The quantitative estimate of drug-likeness (QED) is 0.750. The number of carbonyl (C=O) groups is 3. The van der Waals surface area contributed by atoms with Crippen LogP contribution in [-0.4, -0.2) is 34.9 Å². The van der Waals surface area contributed by atoms with Gasteiger partial charge in [-0.25, -0.2) is 0 Å². The topological polar surface area (TPSA) is 80.7 Å². The first-order chi connectivity index (χ1) is 13.2. The van der Waals surface area contributed by atoms with Crippen molar-refractivity contribution < 1.29 is 24.2 Å². The largest absolute Gasteiger partial charge is 0.451 e. The molecule has 0 unspecified atom stereocenters. The van der Waals surface area contributed by atoms with Gasteiger partial charge in [0.05, 0.1) is 0 Å². The Labute approximate surface area is 166 Å². The van der Waals surface area contributed by atoms with Crippen LogP contribution < -0.4 is 0 Å². The van der Waals surface area contributed by atoms with Crippen molar-refractivity contribution in [1.29, 1.82) is 0 Å². The summed E-state index contributed by atoms with van der Waals surface area (Å²) in [5.41, 5.74) is -0.222. The van der Waals surface area contributed by atoms with Crippen molar-refractivity contribution in [3.05, 3.63) is 11.6 Å². The van der Waals surface area contributed by atoms with Crippen LogP contribution in [0.5, 0.6) is 0 Å². The standard InChI is InChI=1S/C23H32O5/c1-14(25)28-23(20(27)13-24)11-8-19-17-5-4-15-12-16(26)6-9-21(15,2)18(17)7-10-22(19,23)3/h12,17-19,24H,4-11,13H2,1-3H3/t17-,18-,19-,21+,22-,23+/m1/s1. The number of carbonyl (C=O) groups excluding carboxylic acids is 3. The van der Waals surface area contributed by atoms with Crippen molar-refractivity contribution in [1.82, 2.24) is 0 Å². The van der Waals surface area contributed by atoms with Crippen molar-refractivity contribution in [2.75, 3.05) is 6.61 Å². The second-order valence-electron chi connectivity index (χ2n) is 9.97. The van der Waals surface area contributed by atoms with E-state index < -0.39 is 23.6 Å². The summed E-state index contributed by atoms with van der Waals surface area (Å²) in [5.74, 6) is 0.746. The highest BCUT2D eigenvalue weighted by Gasteiger charge is 2.68. The first-order valence-electron chi connectivity index (χ1n) is 10.8. The van der Waals surface area contributed by atoms with E-state index in [2.05, 4.69) is 13.8 Å². The fourth-order valence-corrected chi connectivity index (χ4v) is 7.61. The van der Waals surface area contributed by atoms with Crippen molar-refractivity contribution in [3.63, 3.8) is 0 Å². The van der Waals surface area contributed by atoms with Crippen LogP contribution >= 0.6 is 0 Å². The molecule has 0 aromatic rings. The molecule has 0 heterocycles. The number of rotatable bonds is 3. The van der Waals surface area contributed by atoms with E-state index in [0.29, 0.717) is 30.6 Å². The average Bonchev–Trinajstić information content (AvgIpc) is 2.94. The van der Waals surface area contributed by atoms with Gasteiger partial charge >= 0.3 is 5.97 Å². The Bertz CT molecular complexity index is 754. The van der Waals surface area contributed by atoms with E-state index in [1.54, 1.807) is 0 Å². The molecule has 3 saturated carbocycles. The molecule has 0 saturated heterocycles. The van der Waals surface area contributed by atoms with E-state index in [1.165, 1.54) is 12.5 Å². The molecule has 5 nitrogen and oxygen atoms in total. The zero-order chi connectivity index (χ0) is 20.3. The van der Waals surface area contributed by atoms with Crippen molar-refractivity contribution >= 4 is 17.5 Å². The van der Waals surface area contributed by atoms with E-state index in [0.717, 1.165) is 38.5 Å². The van der Waals surface area contributed by atoms with Gasteiger partial charge in [-0.05, 0) is 74.2 Å². The highest BCUT2D eigenvalue weighted by atomic mass is 16.6. The summed E-state index contributed by atoms with van der Waals surface area (Å²) in [6.45, 7) is 5.20. The van der Waals surface area contributed by atoms with Crippen LogP contribution in [0.4, 0.5) is 0 Å². The van der Waals surface area contributed by atoms with Crippen LogP contribution in [0.3, 0.4) is 0 Å². The zero-order valence-corrected chi connectivity index (χ0v) is 17.3. The average molecular weight is 389 g/mol. The second-order valence-corrected chi connectivity index (χ2v) is 9.97. The highest BCUT2D eigenvalue weighted by Crippen LogP contribution is 2.68. The van der Waals surface area contributed by atoms with E-state index in [4.69, 9.17) is 4.74 Å². The molecule has 0 amide bonds. The van der Waals surface area contributed by atoms with Gasteiger partial charge in [-0.1, -0.05) is 19.4 Å². The molecular formula is C23H32O5.